The summed E-state index contributed by atoms with van der Waals surface area (Å²) in [5.74, 6) is 0.597. The number of hydrogen-bond acceptors (Lipinski definition) is 3. The Hall–Kier alpha value is -1.10. The van der Waals surface area contributed by atoms with Crippen molar-refractivity contribution in [2.75, 3.05) is 6.61 Å². The van der Waals surface area contributed by atoms with Crippen molar-refractivity contribution in [2.24, 2.45) is 5.92 Å². The maximum absolute atomic E-state index is 6.16. The molecule has 1 aromatic rings. The molecule has 1 aromatic carbocycles. The predicted octanol–water partition coefficient (Wildman–Crippen LogP) is 4.56. The zero-order chi connectivity index (χ0) is 17.2. The average Bonchev–Trinajstić information content (AvgIpc) is 2.77. The molecule has 0 spiro atoms. The maximum Gasteiger partial charge on any atom is 0.490 e. The van der Waals surface area contributed by atoms with Gasteiger partial charge in [-0.1, -0.05) is 36.4 Å². The van der Waals surface area contributed by atoms with Crippen LogP contribution in [0.2, 0.25) is 0 Å². The van der Waals surface area contributed by atoms with Gasteiger partial charge in [-0.05, 0) is 63.9 Å². The van der Waals surface area contributed by atoms with Crippen molar-refractivity contribution >= 4 is 7.12 Å². The second-order valence-corrected chi connectivity index (χ2v) is 8.01. The summed E-state index contributed by atoms with van der Waals surface area (Å²) in [6.45, 7) is 9.95. The van der Waals surface area contributed by atoms with E-state index in [9.17, 15) is 0 Å². The summed E-state index contributed by atoms with van der Waals surface area (Å²) in [7, 11) is -0.179. The summed E-state index contributed by atoms with van der Waals surface area (Å²) in [6.07, 6.45) is 5.54. The van der Waals surface area contributed by atoms with Crippen LogP contribution in [0, 0.1) is 5.92 Å². The standard InChI is InChI=1S/C20H29BO3/c1-19(2)20(3,4)24-21(23-19)18-12-10-17(11-13-18)15-22-14-16-8-6-5-7-9-16/h5-9,12,17H,10-11,13-15H2,1-4H3. The largest absolute Gasteiger partial charge is 0.490 e. The minimum atomic E-state index is -0.256. The Morgan fingerprint density at radius 3 is 2.33 bits per heavy atom. The van der Waals surface area contributed by atoms with Crippen molar-refractivity contribution in [3.8, 4) is 0 Å². The van der Waals surface area contributed by atoms with Crippen molar-refractivity contribution in [1.82, 2.24) is 0 Å². The Balaban J connectivity index is 1.46. The first-order valence-electron chi connectivity index (χ1n) is 9.04. The molecule has 3 rings (SSSR count). The average molecular weight is 328 g/mol. The molecule has 1 aliphatic heterocycles. The van der Waals surface area contributed by atoms with Crippen LogP contribution < -0.4 is 0 Å². The number of allylic oxidation sites excluding steroid dienone is 2. The highest BCUT2D eigenvalue weighted by Crippen LogP contribution is 2.40. The molecule has 1 unspecified atom stereocenters. The molecule has 130 valence electrons. The van der Waals surface area contributed by atoms with Crippen LogP contribution in [0.5, 0.6) is 0 Å². The van der Waals surface area contributed by atoms with E-state index < -0.39 is 0 Å². The zero-order valence-electron chi connectivity index (χ0n) is 15.4. The van der Waals surface area contributed by atoms with Crippen molar-refractivity contribution < 1.29 is 14.0 Å². The number of ether oxygens (including phenoxy) is 1. The van der Waals surface area contributed by atoms with E-state index in [1.54, 1.807) is 0 Å². The molecule has 0 aromatic heterocycles. The second-order valence-electron chi connectivity index (χ2n) is 8.01. The van der Waals surface area contributed by atoms with Crippen LogP contribution in [0.4, 0.5) is 0 Å². The van der Waals surface area contributed by atoms with Gasteiger partial charge in [0.1, 0.15) is 0 Å². The molecule has 1 fully saturated rings. The summed E-state index contributed by atoms with van der Waals surface area (Å²) < 4.78 is 18.2. The van der Waals surface area contributed by atoms with E-state index in [-0.39, 0.29) is 18.3 Å². The lowest BCUT2D eigenvalue weighted by Crippen LogP contribution is -2.41. The summed E-state index contributed by atoms with van der Waals surface area (Å²) in [4.78, 5) is 0. The molecule has 4 heteroatoms. The highest BCUT2D eigenvalue weighted by Gasteiger charge is 2.52. The minimum Gasteiger partial charge on any atom is -0.400 e. The van der Waals surface area contributed by atoms with Gasteiger partial charge in [-0.3, -0.25) is 0 Å². The monoisotopic (exact) mass is 328 g/mol. The molecule has 0 radical (unpaired) electrons. The Labute approximate surface area is 146 Å². The molecule has 24 heavy (non-hydrogen) atoms. The quantitative estimate of drug-likeness (QED) is 0.742. The summed E-state index contributed by atoms with van der Waals surface area (Å²) in [6, 6.07) is 10.4. The summed E-state index contributed by atoms with van der Waals surface area (Å²) >= 11 is 0. The van der Waals surface area contributed by atoms with Gasteiger partial charge in [-0.2, -0.15) is 0 Å². The Bertz CT molecular complexity index is 564. The first kappa shape index (κ1) is 17.7. The molecule has 1 aliphatic carbocycles. The van der Waals surface area contributed by atoms with Crippen LogP contribution in [0.3, 0.4) is 0 Å². The molecule has 0 bridgehead atoms. The number of hydrogen-bond donors (Lipinski definition) is 0. The normalized spacial score (nSPS) is 25.6. The van der Waals surface area contributed by atoms with Crippen LogP contribution in [-0.4, -0.2) is 24.9 Å². The van der Waals surface area contributed by atoms with Gasteiger partial charge in [0.05, 0.1) is 24.4 Å². The Kier molecular flexibility index (Phi) is 5.19. The molecule has 0 N–H and O–H groups in total. The van der Waals surface area contributed by atoms with Crippen molar-refractivity contribution in [3.63, 3.8) is 0 Å². The van der Waals surface area contributed by atoms with Crippen molar-refractivity contribution in [2.45, 2.75) is 64.8 Å². The Morgan fingerprint density at radius 2 is 1.75 bits per heavy atom. The highest BCUT2D eigenvalue weighted by molar-refractivity contribution is 6.54. The second kappa shape index (κ2) is 7.03. The van der Waals surface area contributed by atoms with Gasteiger partial charge in [-0.25, -0.2) is 0 Å². The summed E-state index contributed by atoms with van der Waals surface area (Å²) in [5, 5.41) is 0. The van der Waals surface area contributed by atoms with Gasteiger partial charge in [0, 0.05) is 0 Å². The fourth-order valence-corrected chi connectivity index (χ4v) is 3.19. The SMILES string of the molecule is CC1(C)OB(C2=CCC(COCc3ccccc3)CC2)OC1(C)C. The lowest BCUT2D eigenvalue weighted by molar-refractivity contribution is 0.00578. The Morgan fingerprint density at radius 1 is 1.08 bits per heavy atom. The molecule has 1 saturated heterocycles. The number of benzene rings is 1. The molecule has 1 atom stereocenters. The third-order valence-electron chi connectivity index (χ3n) is 5.58. The molecule has 0 saturated carbocycles. The van der Waals surface area contributed by atoms with E-state index in [2.05, 4.69) is 58.0 Å². The van der Waals surface area contributed by atoms with E-state index in [4.69, 9.17) is 14.0 Å². The molecule has 0 amide bonds. The van der Waals surface area contributed by atoms with Gasteiger partial charge in [0.25, 0.3) is 0 Å². The lowest BCUT2D eigenvalue weighted by Gasteiger charge is -2.32. The van der Waals surface area contributed by atoms with Gasteiger partial charge < -0.3 is 14.0 Å². The predicted molar refractivity (Wildman–Crippen MR) is 97.6 cm³/mol. The third-order valence-corrected chi connectivity index (χ3v) is 5.58. The summed E-state index contributed by atoms with van der Waals surface area (Å²) in [5.41, 5.74) is 2.03. The first-order valence-corrected chi connectivity index (χ1v) is 9.04. The molecule has 1 heterocycles. The zero-order valence-corrected chi connectivity index (χ0v) is 15.4. The molecule has 2 aliphatic rings. The van der Waals surface area contributed by atoms with Crippen LogP contribution >= 0.6 is 0 Å². The van der Waals surface area contributed by atoms with E-state index in [1.807, 2.05) is 6.07 Å². The highest BCUT2D eigenvalue weighted by atomic mass is 16.7. The van der Waals surface area contributed by atoms with Crippen LogP contribution in [0.15, 0.2) is 41.9 Å². The molecular formula is C20H29BO3. The third kappa shape index (κ3) is 3.93. The van der Waals surface area contributed by atoms with E-state index in [0.29, 0.717) is 12.5 Å². The van der Waals surface area contributed by atoms with E-state index >= 15 is 0 Å². The van der Waals surface area contributed by atoms with Crippen LogP contribution in [0.25, 0.3) is 0 Å². The lowest BCUT2D eigenvalue weighted by atomic mass is 9.71. The fraction of sp³-hybridized carbons (Fsp3) is 0.600. The van der Waals surface area contributed by atoms with Gasteiger partial charge >= 0.3 is 7.12 Å². The topological polar surface area (TPSA) is 27.7 Å². The van der Waals surface area contributed by atoms with Crippen molar-refractivity contribution in [1.29, 1.82) is 0 Å². The van der Waals surface area contributed by atoms with Gasteiger partial charge in [0.2, 0.25) is 0 Å². The first-order chi connectivity index (χ1) is 11.4. The smallest absolute Gasteiger partial charge is 0.400 e. The van der Waals surface area contributed by atoms with E-state index in [1.165, 1.54) is 11.0 Å². The van der Waals surface area contributed by atoms with Gasteiger partial charge in [-0.15, -0.1) is 0 Å². The van der Waals surface area contributed by atoms with E-state index in [0.717, 1.165) is 25.9 Å². The fourth-order valence-electron chi connectivity index (χ4n) is 3.19. The molecular weight excluding hydrogens is 299 g/mol. The number of rotatable bonds is 5. The van der Waals surface area contributed by atoms with Crippen LogP contribution in [-0.2, 0) is 20.7 Å². The van der Waals surface area contributed by atoms with Crippen LogP contribution in [0.1, 0.15) is 52.5 Å². The molecule has 3 nitrogen and oxygen atoms in total. The van der Waals surface area contributed by atoms with Crippen molar-refractivity contribution in [3.05, 3.63) is 47.4 Å². The maximum atomic E-state index is 6.16. The van der Waals surface area contributed by atoms with Gasteiger partial charge in [0.15, 0.2) is 0 Å². The minimum absolute atomic E-state index is 0.179.